The van der Waals surface area contributed by atoms with Crippen LogP contribution in [0.5, 0.6) is 0 Å². The molecule has 0 saturated heterocycles. The van der Waals surface area contributed by atoms with E-state index in [1.54, 1.807) is 17.5 Å². The maximum Gasteiger partial charge on any atom is 0.0941 e. The highest BCUT2D eigenvalue weighted by Crippen LogP contribution is 2.07. The van der Waals surface area contributed by atoms with Crippen LogP contribution in [0.25, 0.3) is 0 Å². The van der Waals surface area contributed by atoms with E-state index in [0.717, 1.165) is 11.4 Å². The van der Waals surface area contributed by atoms with Crippen LogP contribution in [0.1, 0.15) is 18.9 Å². The molecular weight excluding hydrogens is 198 g/mol. The molecule has 1 unspecified atom stereocenters. The highest BCUT2D eigenvalue weighted by atomic mass is 32.1. The van der Waals surface area contributed by atoms with E-state index >= 15 is 0 Å². The lowest BCUT2D eigenvalue weighted by atomic mass is 10.2. The first kappa shape index (κ1) is 11.6. The number of hydrogen-bond acceptors (Lipinski definition) is 5. The quantitative estimate of drug-likeness (QED) is 0.548. The smallest absolute Gasteiger partial charge is 0.0941 e. The molecule has 1 aromatic heterocycles. The molecule has 1 heterocycles. The molecule has 0 aromatic carbocycles. The third-order valence-corrected chi connectivity index (χ3v) is 2.57. The van der Waals surface area contributed by atoms with Crippen molar-refractivity contribution in [2.75, 3.05) is 6.61 Å². The minimum absolute atomic E-state index is 0.142. The van der Waals surface area contributed by atoms with E-state index in [-0.39, 0.29) is 12.1 Å². The molecule has 3 N–H and O–H groups in total. The number of nitrogens with zero attached hydrogens (tertiary/aromatic N) is 1. The first-order chi connectivity index (χ1) is 6.72. The molecule has 1 atom stereocenters. The lowest BCUT2D eigenvalue weighted by Gasteiger charge is -2.16. The molecule has 0 aliphatic rings. The molecule has 4 nitrogen and oxygen atoms in total. The summed E-state index contributed by atoms with van der Waals surface area (Å²) in [6.07, 6.45) is 2.86. The summed E-state index contributed by atoms with van der Waals surface area (Å²) in [5.74, 6) is 5.42. The van der Waals surface area contributed by atoms with Gasteiger partial charge < -0.3 is 4.74 Å². The summed E-state index contributed by atoms with van der Waals surface area (Å²) in [4.78, 5) is 4.20. The fourth-order valence-corrected chi connectivity index (χ4v) is 1.74. The van der Waals surface area contributed by atoms with Crippen LogP contribution < -0.4 is 11.3 Å². The van der Waals surface area contributed by atoms with Gasteiger partial charge in [-0.05, 0) is 13.8 Å². The van der Waals surface area contributed by atoms with E-state index in [9.17, 15) is 0 Å². The molecule has 0 spiro atoms. The minimum atomic E-state index is 0.142. The highest BCUT2D eigenvalue weighted by Gasteiger charge is 2.10. The van der Waals surface area contributed by atoms with E-state index in [0.29, 0.717) is 6.61 Å². The Morgan fingerprint density at radius 3 is 2.93 bits per heavy atom. The Labute approximate surface area is 88.5 Å². The number of nitrogens with two attached hydrogens (primary N) is 1. The molecule has 0 bridgehead atoms. The van der Waals surface area contributed by atoms with Gasteiger partial charge in [0.05, 0.1) is 23.8 Å². The molecule has 0 saturated carbocycles. The molecule has 0 amide bonds. The Bertz CT molecular complexity index is 238. The Morgan fingerprint density at radius 1 is 1.64 bits per heavy atom. The first-order valence-electron chi connectivity index (χ1n) is 4.68. The van der Waals surface area contributed by atoms with E-state index in [1.807, 2.05) is 19.2 Å². The zero-order valence-corrected chi connectivity index (χ0v) is 9.38. The summed E-state index contributed by atoms with van der Waals surface area (Å²) in [5.41, 5.74) is 2.74. The number of hydrazine groups is 1. The van der Waals surface area contributed by atoms with Crippen molar-refractivity contribution < 1.29 is 4.74 Å². The summed E-state index contributed by atoms with van der Waals surface area (Å²) in [5, 5.41) is 3.05. The summed E-state index contributed by atoms with van der Waals surface area (Å²) >= 11 is 1.64. The highest BCUT2D eigenvalue weighted by molar-refractivity contribution is 7.09. The molecule has 1 aromatic rings. The predicted molar refractivity (Wildman–Crippen MR) is 58.0 cm³/mol. The first-order valence-corrected chi connectivity index (χ1v) is 5.56. The SMILES string of the molecule is CC(C)OCC(Cc1nccs1)NN. The average Bonchev–Trinajstić information content (AvgIpc) is 2.64. The van der Waals surface area contributed by atoms with Gasteiger partial charge in [-0.2, -0.15) is 0 Å². The normalized spacial score (nSPS) is 13.4. The van der Waals surface area contributed by atoms with Gasteiger partial charge in [0.25, 0.3) is 0 Å². The number of ether oxygens (including phenoxy) is 1. The third-order valence-electron chi connectivity index (χ3n) is 1.77. The summed E-state index contributed by atoms with van der Waals surface area (Å²) < 4.78 is 5.48. The molecule has 14 heavy (non-hydrogen) atoms. The Kier molecular flexibility index (Phi) is 5.03. The van der Waals surface area contributed by atoms with Crippen molar-refractivity contribution in [3.8, 4) is 0 Å². The summed E-state index contributed by atoms with van der Waals surface area (Å²) in [7, 11) is 0. The van der Waals surface area contributed by atoms with Gasteiger partial charge in [0, 0.05) is 18.0 Å². The molecular formula is C9H17N3OS. The molecule has 0 radical (unpaired) electrons. The van der Waals surface area contributed by atoms with Crippen molar-refractivity contribution in [2.24, 2.45) is 5.84 Å². The van der Waals surface area contributed by atoms with E-state index in [2.05, 4.69) is 10.4 Å². The van der Waals surface area contributed by atoms with Crippen molar-refractivity contribution in [2.45, 2.75) is 32.4 Å². The Morgan fingerprint density at radius 2 is 2.43 bits per heavy atom. The van der Waals surface area contributed by atoms with Crippen LogP contribution in [0.4, 0.5) is 0 Å². The van der Waals surface area contributed by atoms with Gasteiger partial charge in [-0.25, -0.2) is 4.98 Å². The fraction of sp³-hybridized carbons (Fsp3) is 0.667. The third kappa shape index (κ3) is 4.15. The van der Waals surface area contributed by atoms with E-state index in [1.165, 1.54) is 0 Å². The number of rotatable bonds is 6. The Hall–Kier alpha value is -0.490. The second-order valence-electron chi connectivity index (χ2n) is 3.38. The zero-order valence-electron chi connectivity index (χ0n) is 8.56. The van der Waals surface area contributed by atoms with Crippen LogP contribution in [0, 0.1) is 0 Å². The maximum atomic E-state index is 5.48. The van der Waals surface area contributed by atoms with Gasteiger partial charge in [0.1, 0.15) is 0 Å². The van der Waals surface area contributed by atoms with E-state index < -0.39 is 0 Å². The lowest BCUT2D eigenvalue weighted by Crippen LogP contribution is -2.40. The molecule has 5 heteroatoms. The van der Waals surface area contributed by atoms with Crippen LogP contribution in [-0.2, 0) is 11.2 Å². The summed E-state index contributed by atoms with van der Waals surface area (Å²) in [6, 6.07) is 0.142. The second-order valence-corrected chi connectivity index (χ2v) is 4.35. The zero-order chi connectivity index (χ0) is 10.4. The average molecular weight is 215 g/mol. The minimum Gasteiger partial charge on any atom is -0.377 e. The van der Waals surface area contributed by atoms with Crippen LogP contribution >= 0.6 is 11.3 Å². The van der Waals surface area contributed by atoms with Crippen LogP contribution in [0.15, 0.2) is 11.6 Å². The van der Waals surface area contributed by atoms with Crippen molar-refractivity contribution in [3.05, 3.63) is 16.6 Å². The molecule has 0 aliphatic carbocycles. The molecule has 1 rings (SSSR count). The van der Waals surface area contributed by atoms with Gasteiger partial charge in [-0.3, -0.25) is 11.3 Å². The number of nitrogens with one attached hydrogen (secondary N) is 1. The van der Waals surface area contributed by atoms with Crippen LogP contribution in [0.2, 0.25) is 0 Å². The lowest BCUT2D eigenvalue weighted by molar-refractivity contribution is 0.0613. The van der Waals surface area contributed by atoms with Crippen molar-refractivity contribution >= 4 is 11.3 Å². The summed E-state index contributed by atoms with van der Waals surface area (Å²) in [6.45, 7) is 4.64. The molecule has 0 aliphatic heterocycles. The monoisotopic (exact) mass is 215 g/mol. The second kappa shape index (κ2) is 6.08. The largest absolute Gasteiger partial charge is 0.377 e. The predicted octanol–water partition coefficient (Wildman–Crippen LogP) is 0.942. The van der Waals surface area contributed by atoms with Crippen molar-refractivity contribution in [3.63, 3.8) is 0 Å². The van der Waals surface area contributed by atoms with Gasteiger partial charge in [-0.1, -0.05) is 0 Å². The number of hydrogen-bond donors (Lipinski definition) is 2. The van der Waals surface area contributed by atoms with Crippen LogP contribution in [-0.4, -0.2) is 23.7 Å². The number of aromatic nitrogens is 1. The van der Waals surface area contributed by atoms with Gasteiger partial charge in [0.15, 0.2) is 0 Å². The van der Waals surface area contributed by atoms with Gasteiger partial charge in [0.2, 0.25) is 0 Å². The fourth-order valence-electron chi connectivity index (χ4n) is 1.04. The topological polar surface area (TPSA) is 60.2 Å². The number of thiazole rings is 1. The van der Waals surface area contributed by atoms with Gasteiger partial charge >= 0.3 is 0 Å². The molecule has 0 fully saturated rings. The standard InChI is InChI=1S/C9H17N3OS/c1-7(2)13-6-8(12-10)5-9-11-3-4-14-9/h3-4,7-8,12H,5-6,10H2,1-2H3. The van der Waals surface area contributed by atoms with Crippen molar-refractivity contribution in [1.29, 1.82) is 0 Å². The maximum absolute atomic E-state index is 5.48. The van der Waals surface area contributed by atoms with Crippen LogP contribution in [0.3, 0.4) is 0 Å². The van der Waals surface area contributed by atoms with Crippen molar-refractivity contribution in [1.82, 2.24) is 10.4 Å². The molecule has 80 valence electrons. The van der Waals surface area contributed by atoms with E-state index in [4.69, 9.17) is 10.6 Å². The Balaban J connectivity index is 2.32. The van der Waals surface area contributed by atoms with Gasteiger partial charge in [-0.15, -0.1) is 11.3 Å².